The van der Waals surface area contributed by atoms with Gasteiger partial charge in [0, 0.05) is 18.2 Å². The average Bonchev–Trinajstić information content (AvgIpc) is 3.07. The Morgan fingerprint density at radius 2 is 1.75 bits per heavy atom. The highest BCUT2D eigenvalue weighted by atomic mass is 16.5. The lowest BCUT2D eigenvalue weighted by molar-refractivity contribution is 0.249. The fraction of sp³-hybridized carbons (Fsp3) is 0.348. The summed E-state index contributed by atoms with van der Waals surface area (Å²) in [5.74, 6) is 3.21. The SMILES string of the molecule is COc1ccc([C@H](C)N(C)Cc2nc(-c3ccc(OC)c(C)c3)oc2C)cc1. The topological polar surface area (TPSA) is 47.7 Å². The maximum Gasteiger partial charge on any atom is 0.226 e. The fourth-order valence-corrected chi connectivity index (χ4v) is 3.22. The molecule has 0 bridgehead atoms. The minimum absolute atomic E-state index is 0.244. The fourth-order valence-electron chi connectivity index (χ4n) is 3.22. The quantitative estimate of drug-likeness (QED) is 0.566. The van der Waals surface area contributed by atoms with Crippen LogP contribution < -0.4 is 9.47 Å². The van der Waals surface area contributed by atoms with Crippen molar-refractivity contribution in [3.63, 3.8) is 0 Å². The molecule has 148 valence electrons. The molecule has 0 saturated heterocycles. The largest absolute Gasteiger partial charge is 0.497 e. The van der Waals surface area contributed by atoms with Gasteiger partial charge >= 0.3 is 0 Å². The summed E-state index contributed by atoms with van der Waals surface area (Å²) in [5, 5.41) is 0. The van der Waals surface area contributed by atoms with Crippen LogP contribution >= 0.6 is 0 Å². The first kappa shape index (κ1) is 20.0. The number of benzene rings is 2. The standard InChI is InChI=1S/C23H28N2O3/c1-15-13-19(9-12-22(15)27-6)23-24-21(17(3)28-23)14-25(4)16(2)18-7-10-20(26-5)11-8-18/h7-13,16H,14H2,1-6H3/t16-/m0/s1. The van der Waals surface area contributed by atoms with Crippen molar-refractivity contribution in [2.24, 2.45) is 0 Å². The molecule has 0 aliphatic rings. The normalized spacial score (nSPS) is 12.2. The van der Waals surface area contributed by atoms with Gasteiger partial charge in [-0.05, 0) is 69.3 Å². The number of ether oxygens (including phenoxy) is 2. The lowest BCUT2D eigenvalue weighted by Gasteiger charge is -2.24. The number of aromatic nitrogens is 1. The van der Waals surface area contributed by atoms with E-state index in [1.807, 2.05) is 44.2 Å². The molecule has 28 heavy (non-hydrogen) atoms. The van der Waals surface area contributed by atoms with Crippen LogP contribution in [0.15, 0.2) is 46.9 Å². The van der Waals surface area contributed by atoms with E-state index in [9.17, 15) is 0 Å². The molecule has 0 aliphatic heterocycles. The van der Waals surface area contributed by atoms with Crippen LogP contribution in [0.5, 0.6) is 11.5 Å². The molecule has 0 amide bonds. The van der Waals surface area contributed by atoms with Gasteiger partial charge in [-0.1, -0.05) is 12.1 Å². The van der Waals surface area contributed by atoms with Crippen molar-refractivity contribution in [1.29, 1.82) is 0 Å². The summed E-state index contributed by atoms with van der Waals surface area (Å²) in [6.07, 6.45) is 0. The van der Waals surface area contributed by atoms with Gasteiger partial charge in [-0.25, -0.2) is 4.98 Å². The minimum Gasteiger partial charge on any atom is -0.497 e. The van der Waals surface area contributed by atoms with Gasteiger partial charge in [0.05, 0.1) is 19.9 Å². The molecular formula is C23H28N2O3. The lowest BCUT2D eigenvalue weighted by atomic mass is 10.1. The van der Waals surface area contributed by atoms with Gasteiger partial charge in [0.2, 0.25) is 5.89 Å². The average molecular weight is 380 g/mol. The Hall–Kier alpha value is -2.79. The van der Waals surface area contributed by atoms with Crippen molar-refractivity contribution in [1.82, 2.24) is 9.88 Å². The van der Waals surface area contributed by atoms with Crippen LogP contribution in [0.2, 0.25) is 0 Å². The van der Waals surface area contributed by atoms with E-state index in [1.165, 1.54) is 5.56 Å². The van der Waals surface area contributed by atoms with Crippen LogP contribution in [0.4, 0.5) is 0 Å². The monoisotopic (exact) mass is 380 g/mol. The number of hydrogen-bond acceptors (Lipinski definition) is 5. The third-order valence-electron chi connectivity index (χ3n) is 5.19. The van der Waals surface area contributed by atoms with Crippen LogP contribution in [0, 0.1) is 13.8 Å². The molecular weight excluding hydrogens is 352 g/mol. The van der Waals surface area contributed by atoms with Crippen LogP contribution in [0.25, 0.3) is 11.5 Å². The predicted molar refractivity (Wildman–Crippen MR) is 111 cm³/mol. The molecule has 3 rings (SSSR count). The number of oxazole rings is 1. The minimum atomic E-state index is 0.244. The predicted octanol–water partition coefficient (Wildman–Crippen LogP) is 5.17. The first-order chi connectivity index (χ1) is 13.4. The first-order valence-electron chi connectivity index (χ1n) is 9.38. The summed E-state index contributed by atoms with van der Waals surface area (Å²) in [6.45, 7) is 6.88. The maximum absolute atomic E-state index is 5.95. The van der Waals surface area contributed by atoms with Crippen LogP contribution in [0.1, 0.15) is 35.5 Å². The Balaban J connectivity index is 1.76. The molecule has 0 saturated carbocycles. The number of hydrogen-bond donors (Lipinski definition) is 0. The van der Waals surface area contributed by atoms with Gasteiger partial charge in [-0.15, -0.1) is 0 Å². The Kier molecular flexibility index (Phi) is 6.05. The summed E-state index contributed by atoms with van der Waals surface area (Å²) >= 11 is 0. The second-order valence-electron chi connectivity index (χ2n) is 7.07. The van der Waals surface area contributed by atoms with E-state index in [2.05, 4.69) is 31.0 Å². The molecule has 3 aromatic rings. The molecule has 0 fully saturated rings. The zero-order valence-electron chi connectivity index (χ0n) is 17.4. The molecule has 0 N–H and O–H groups in total. The van der Waals surface area contributed by atoms with E-state index in [-0.39, 0.29) is 6.04 Å². The van der Waals surface area contributed by atoms with Crippen molar-refractivity contribution >= 4 is 0 Å². The van der Waals surface area contributed by atoms with Gasteiger partial charge in [-0.2, -0.15) is 0 Å². The van der Waals surface area contributed by atoms with E-state index in [0.717, 1.165) is 34.1 Å². The number of nitrogens with zero attached hydrogens (tertiary/aromatic N) is 2. The summed E-state index contributed by atoms with van der Waals surface area (Å²) in [5.41, 5.74) is 4.20. The van der Waals surface area contributed by atoms with Crippen LogP contribution in [-0.4, -0.2) is 31.2 Å². The Bertz CT molecular complexity index is 932. The van der Waals surface area contributed by atoms with E-state index in [0.29, 0.717) is 12.4 Å². The molecule has 0 radical (unpaired) electrons. The Labute approximate surface area is 166 Å². The zero-order chi connectivity index (χ0) is 20.3. The zero-order valence-corrected chi connectivity index (χ0v) is 17.4. The highest BCUT2D eigenvalue weighted by Gasteiger charge is 2.18. The summed E-state index contributed by atoms with van der Waals surface area (Å²) in [7, 11) is 5.45. The molecule has 0 spiro atoms. The van der Waals surface area contributed by atoms with Crippen LogP contribution in [0.3, 0.4) is 0 Å². The summed E-state index contributed by atoms with van der Waals surface area (Å²) in [6, 6.07) is 14.4. The van der Waals surface area contributed by atoms with Gasteiger partial charge in [0.1, 0.15) is 17.3 Å². The van der Waals surface area contributed by atoms with E-state index in [4.69, 9.17) is 18.9 Å². The smallest absolute Gasteiger partial charge is 0.226 e. The van der Waals surface area contributed by atoms with Crippen molar-refractivity contribution in [3.8, 4) is 23.0 Å². The van der Waals surface area contributed by atoms with Crippen molar-refractivity contribution in [2.75, 3.05) is 21.3 Å². The summed E-state index contributed by atoms with van der Waals surface area (Å²) in [4.78, 5) is 7.01. The molecule has 5 nitrogen and oxygen atoms in total. The molecule has 1 aromatic heterocycles. The number of aryl methyl sites for hydroxylation is 2. The molecule has 0 unspecified atom stereocenters. The molecule has 5 heteroatoms. The Morgan fingerprint density at radius 3 is 2.36 bits per heavy atom. The van der Waals surface area contributed by atoms with Crippen molar-refractivity contribution in [3.05, 3.63) is 65.0 Å². The van der Waals surface area contributed by atoms with Gasteiger partial charge in [0.15, 0.2) is 0 Å². The number of methoxy groups -OCH3 is 2. The van der Waals surface area contributed by atoms with Crippen molar-refractivity contribution in [2.45, 2.75) is 33.4 Å². The molecule has 1 atom stereocenters. The van der Waals surface area contributed by atoms with Crippen LogP contribution in [-0.2, 0) is 6.54 Å². The van der Waals surface area contributed by atoms with E-state index >= 15 is 0 Å². The van der Waals surface area contributed by atoms with Gasteiger partial charge in [0.25, 0.3) is 0 Å². The third-order valence-corrected chi connectivity index (χ3v) is 5.19. The van der Waals surface area contributed by atoms with Gasteiger partial charge in [-0.3, -0.25) is 4.90 Å². The van der Waals surface area contributed by atoms with E-state index < -0.39 is 0 Å². The van der Waals surface area contributed by atoms with E-state index in [1.54, 1.807) is 14.2 Å². The maximum atomic E-state index is 5.95. The lowest BCUT2D eigenvalue weighted by Crippen LogP contribution is -2.22. The second-order valence-corrected chi connectivity index (χ2v) is 7.07. The molecule has 0 aliphatic carbocycles. The third kappa shape index (κ3) is 4.20. The first-order valence-corrected chi connectivity index (χ1v) is 9.38. The highest BCUT2D eigenvalue weighted by molar-refractivity contribution is 5.57. The highest BCUT2D eigenvalue weighted by Crippen LogP contribution is 2.29. The van der Waals surface area contributed by atoms with Gasteiger partial charge < -0.3 is 13.9 Å². The van der Waals surface area contributed by atoms with Crippen molar-refractivity contribution < 1.29 is 13.9 Å². The number of rotatable bonds is 7. The molecule has 2 aromatic carbocycles. The Morgan fingerprint density at radius 1 is 1.04 bits per heavy atom. The summed E-state index contributed by atoms with van der Waals surface area (Å²) < 4.78 is 16.5. The molecule has 1 heterocycles. The second kappa shape index (κ2) is 8.48.